The fourth-order valence-corrected chi connectivity index (χ4v) is 2.70. The molecule has 1 aliphatic heterocycles. The van der Waals surface area contributed by atoms with Crippen LogP contribution in [0.3, 0.4) is 0 Å². The Labute approximate surface area is 101 Å². The van der Waals surface area contributed by atoms with Gasteiger partial charge in [-0.3, -0.25) is 5.32 Å². The monoisotopic (exact) mass is 227 g/mol. The molecule has 0 atom stereocenters. The summed E-state index contributed by atoms with van der Waals surface area (Å²) in [6.45, 7) is 11.1. The van der Waals surface area contributed by atoms with E-state index in [2.05, 4.69) is 33.0 Å². The Hall–Kier alpha value is -0.0800. The molecule has 1 fully saturated rings. The van der Waals surface area contributed by atoms with Gasteiger partial charge in [-0.25, -0.2) is 0 Å². The van der Waals surface area contributed by atoms with E-state index in [4.69, 9.17) is 4.74 Å². The SMILES string of the molecule is CCCC1(CCC)NCC(CC)(CC)CO1. The van der Waals surface area contributed by atoms with Crippen molar-refractivity contribution in [3.05, 3.63) is 0 Å². The van der Waals surface area contributed by atoms with Crippen molar-refractivity contribution in [2.45, 2.75) is 71.9 Å². The third-order valence-corrected chi connectivity index (χ3v) is 4.25. The highest BCUT2D eigenvalue weighted by Crippen LogP contribution is 2.35. The van der Waals surface area contributed by atoms with E-state index in [0.717, 1.165) is 26.0 Å². The van der Waals surface area contributed by atoms with Crippen LogP contribution in [-0.4, -0.2) is 18.9 Å². The normalized spacial score (nSPS) is 23.2. The van der Waals surface area contributed by atoms with Crippen LogP contribution in [-0.2, 0) is 4.74 Å². The van der Waals surface area contributed by atoms with Gasteiger partial charge in [-0.1, -0.05) is 40.5 Å². The molecule has 96 valence electrons. The highest BCUT2D eigenvalue weighted by Gasteiger charge is 2.40. The van der Waals surface area contributed by atoms with Crippen molar-refractivity contribution in [1.29, 1.82) is 0 Å². The highest BCUT2D eigenvalue weighted by molar-refractivity contribution is 4.90. The summed E-state index contributed by atoms with van der Waals surface area (Å²) in [7, 11) is 0. The lowest BCUT2D eigenvalue weighted by Crippen LogP contribution is -2.58. The van der Waals surface area contributed by atoms with Crippen LogP contribution in [0.4, 0.5) is 0 Å². The summed E-state index contributed by atoms with van der Waals surface area (Å²) in [5.41, 5.74) is 0.363. The largest absolute Gasteiger partial charge is 0.360 e. The van der Waals surface area contributed by atoms with E-state index in [9.17, 15) is 0 Å². The van der Waals surface area contributed by atoms with E-state index in [1.54, 1.807) is 0 Å². The molecule has 2 heteroatoms. The van der Waals surface area contributed by atoms with Gasteiger partial charge in [-0.05, 0) is 25.7 Å². The first-order chi connectivity index (χ1) is 7.66. The number of rotatable bonds is 6. The van der Waals surface area contributed by atoms with Gasteiger partial charge in [0.25, 0.3) is 0 Å². The summed E-state index contributed by atoms with van der Waals surface area (Å²) in [4.78, 5) is 0. The minimum atomic E-state index is -0.0165. The van der Waals surface area contributed by atoms with Crippen molar-refractivity contribution in [3.8, 4) is 0 Å². The first kappa shape index (κ1) is 14.0. The minimum Gasteiger partial charge on any atom is -0.360 e. The van der Waals surface area contributed by atoms with Gasteiger partial charge >= 0.3 is 0 Å². The number of hydrogen-bond donors (Lipinski definition) is 1. The molecule has 16 heavy (non-hydrogen) atoms. The second-order valence-corrected chi connectivity index (χ2v) is 5.34. The fourth-order valence-electron chi connectivity index (χ4n) is 2.70. The molecule has 2 nitrogen and oxygen atoms in total. The molecule has 1 aliphatic rings. The van der Waals surface area contributed by atoms with Gasteiger partial charge in [0.2, 0.25) is 0 Å². The third kappa shape index (κ3) is 2.98. The summed E-state index contributed by atoms with van der Waals surface area (Å²) >= 11 is 0. The van der Waals surface area contributed by atoms with Crippen LogP contribution in [0.5, 0.6) is 0 Å². The second-order valence-electron chi connectivity index (χ2n) is 5.34. The lowest BCUT2D eigenvalue weighted by molar-refractivity contribution is -0.155. The van der Waals surface area contributed by atoms with E-state index >= 15 is 0 Å². The molecule has 1 saturated heterocycles. The molecule has 0 aromatic carbocycles. The summed E-state index contributed by atoms with van der Waals surface area (Å²) in [5.74, 6) is 0. The molecule has 0 aromatic rings. The Bertz CT molecular complexity index is 181. The zero-order valence-corrected chi connectivity index (χ0v) is 11.6. The van der Waals surface area contributed by atoms with E-state index in [-0.39, 0.29) is 5.72 Å². The molecule has 0 aliphatic carbocycles. The molecular formula is C14H29NO. The van der Waals surface area contributed by atoms with Gasteiger partial charge in [0.15, 0.2) is 0 Å². The standard InChI is InChI=1S/C14H29NO/c1-5-9-14(10-6-2)15-11-13(7-3,8-4)12-16-14/h15H,5-12H2,1-4H3. The Kier molecular flexibility index (Phi) is 5.26. The van der Waals surface area contributed by atoms with E-state index < -0.39 is 0 Å². The van der Waals surface area contributed by atoms with Crippen LogP contribution < -0.4 is 5.32 Å². The van der Waals surface area contributed by atoms with E-state index in [0.29, 0.717) is 5.41 Å². The smallest absolute Gasteiger partial charge is 0.119 e. The maximum Gasteiger partial charge on any atom is 0.119 e. The zero-order valence-electron chi connectivity index (χ0n) is 11.6. The predicted octanol–water partition coefficient (Wildman–Crippen LogP) is 3.71. The lowest BCUT2D eigenvalue weighted by atomic mass is 9.80. The molecule has 0 aromatic heterocycles. The maximum atomic E-state index is 6.23. The van der Waals surface area contributed by atoms with E-state index in [1.165, 1.54) is 25.7 Å². The van der Waals surface area contributed by atoms with Crippen molar-refractivity contribution < 1.29 is 4.74 Å². The molecule has 1 heterocycles. The molecule has 0 radical (unpaired) electrons. The molecular weight excluding hydrogens is 198 g/mol. The number of hydrogen-bond acceptors (Lipinski definition) is 2. The van der Waals surface area contributed by atoms with Crippen LogP contribution in [0, 0.1) is 5.41 Å². The average molecular weight is 227 g/mol. The van der Waals surface area contributed by atoms with Gasteiger partial charge in [0.1, 0.15) is 5.72 Å². The molecule has 1 N–H and O–H groups in total. The van der Waals surface area contributed by atoms with Crippen molar-refractivity contribution in [1.82, 2.24) is 5.32 Å². The summed E-state index contributed by atoms with van der Waals surface area (Å²) in [5, 5.41) is 3.70. The Morgan fingerprint density at radius 2 is 1.56 bits per heavy atom. The predicted molar refractivity (Wildman–Crippen MR) is 69.5 cm³/mol. The molecule has 0 unspecified atom stereocenters. The number of nitrogens with one attached hydrogen (secondary N) is 1. The summed E-state index contributed by atoms with van der Waals surface area (Å²) in [6.07, 6.45) is 7.10. The first-order valence-corrected chi connectivity index (χ1v) is 7.05. The van der Waals surface area contributed by atoms with Crippen LogP contribution in [0.15, 0.2) is 0 Å². The summed E-state index contributed by atoms with van der Waals surface area (Å²) < 4.78 is 6.23. The van der Waals surface area contributed by atoms with Gasteiger partial charge in [0.05, 0.1) is 6.61 Å². The topological polar surface area (TPSA) is 21.3 Å². The molecule has 1 rings (SSSR count). The van der Waals surface area contributed by atoms with Gasteiger partial charge in [-0.15, -0.1) is 0 Å². The minimum absolute atomic E-state index is 0.0165. The highest BCUT2D eigenvalue weighted by atomic mass is 16.5. The Balaban J connectivity index is 2.61. The van der Waals surface area contributed by atoms with Crippen LogP contribution in [0.25, 0.3) is 0 Å². The van der Waals surface area contributed by atoms with Gasteiger partial charge in [-0.2, -0.15) is 0 Å². The molecule has 0 amide bonds. The van der Waals surface area contributed by atoms with E-state index in [1.807, 2.05) is 0 Å². The fraction of sp³-hybridized carbons (Fsp3) is 1.00. The van der Waals surface area contributed by atoms with Gasteiger partial charge in [0, 0.05) is 12.0 Å². The van der Waals surface area contributed by atoms with Gasteiger partial charge < -0.3 is 4.74 Å². The van der Waals surface area contributed by atoms with Crippen LogP contribution in [0.2, 0.25) is 0 Å². The van der Waals surface area contributed by atoms with Crippen molar-refractivity contribution in [3.63, 3.8) is 0 Å². The van der Waals surface area contributed by atoms with Crippen LogP contribution >= 0.6 is 0 Å². The van der Waals surface area contributed by atoms with Crippen molar-refractivity contribution in [2.75, 3.05) is 13.2 Å². The Morgan fingerprint density at radius 3 is 1.88 bits per heavy atom. The third-order valence-electron chi connectivity index (χ3n) is 4.25. The Morgan fingerprint density at radius 1 is 1.00 bits per heavy atom. The molecule has 0 saturated carbocycles. The van der Waals surface area contributed by atoms with Crippen molar-refractivity contribution >= 4 is 0 Å². The maximum absolute atomic E-state index is 6.23. The summed E-state index contributed by atoms with van der Waals surface area (Å²) in [6, 6.07) is 0. The lowest BCUT2D eigenvalue weighted by Gasteiger charge is -2.47. The van der Waals surface area contributed by atoms with Crippen LogP contribution in [0.1, 0.15) is 66.2 Å². The average Bonchev–Trinajstić information content (AvgIpc) is 2.32. The zero-order chi connectivity index (χ0) is 12.1. The number of ether oxygens (including phenoxy) is 1. The second kappa shape index (κ2) is 6.02. The first-order valence-electron chi connectivity index (χ1n) is 7.05. The molecule has 0 spiro atoms. The molecule has 0 bridgehead atoms. The quantitative estimate of drug-likeness (QED) is 0.747. The van der Waals surface area contributed by atoms with Crippen molar-refractivity contribution in [2.24, 2.45) is 5.41 Å².